The summed E-state index contributed by atoms with van der Waals surface area (Å²) in [6, 6.07) is 10.0. The van der Waals surface area contributed by atoms with E-state index in [4.69, 9.17) is 9.47 Å². The minimum atomic E-state index is -0.285. The highest BCUT2D eigenvalue weighted by molar-refractivity contribution is 7.99. The molecular formula is C19H21FN2O3S. The van der Waals surface area contributed by atoms with Gasteiger partial charge in [-0.05, 0) is 35.7 Å². The highest BCUT2D eigenvalue weighted by Gasteiger charge is 2.24. The minimum Gasteiger partial charge on any atom is -0.493 e. The molecular weight excluding hydrogens is 355 g/mol. The van der Waals surface area contributed by atoms with Crippen molar-refractivity contribution in [2.24, 2.45) is 0 Å². The monoisotopic (exact) mass is 376 g/mol. The number of ether oxygens (including phenoxy) is 2. The summed E-state index contributed by atoms with van der Waals surface area (Å²) in [6.45, 7) is 0.351. The minimum absolute atomic E-state index is 0.188. The normalized spacial score (nSPS) is 15.7. The maximum absolute atomic E-state index is 13.9. The summed E-state index contributed by atoms with van der Waals surface area (Å²) in [4.78, 5) is 12.9. The van der Waals surface area contributed by atoms with Gasteiger partial charge < -0.3 is 20.1 Å². The molecule has 2 amide bonds. The largest absolute Gasteiger partial charge is 0.493 e. The van der Waals surface area contributed by atoms with Gasteiger partial charge in [0.1, 0.15) is 5.82 Å². The molecule has 0 saturated heterocycles. The molecule has 0 radical (unpaired) electrons. The number of carbonyl (C=O) groups excluding carboxylic acids is 1. The number of urea groups is 1. The van der Waals surface area contributed by atoms with Crippen molar-refractivity contribution in [1.29, 1.82) is 0 Å². The fraction of sp³-hybridized carbons (Fsp3) is 0.316. The molecule has 1 aliphatic rings. The predicted octanol–water partition coefficient (Wildman–Crippen LogP) is 3.88. The molecule has 5 nitrogen and oxygen atoms in total. The first-order valence-corrected chi connectivity index (χ1v) is 9.27. The van der Waals surface area contributed by atoms with Crippen molar-refractivity contribution in [3.8, 4) is 11.5 Å². The number of amides is 2. The van der Waals surface area contributed by atoms with Crippen molar-refractivity contribution in [3.63, 3.8) is 0 Å². The molecule has 1 atom stereocenters. The van der Waals surface area contributed by atoms with E-state index in [0.717, 1.165) is 23.3 Å². The second kappa shape index (κ2) is 8.31. The molecule has 0 fully saturated rings. The van der Waals surface area contributed by atoms with Crippen LogP contribution in [0.4, 0.5) is 9.18 Å². The zero-order valence-electron chi connectivity index (χ0n) is 14.7. The Kier molecular flexibility index (Phi) is 5.88. The lowest BCUT2D eigenvalue weighted by molar-refractivity contribution is 0.236. The molecule has 2 N–H and O–H groups in total. The lowest BCUT2D eigenvalue weighted by atomic mass is 10.0. The quantitative estimate of drug-likeness (QED) is 0.831. The zero-order valence-corrected chi connectivity index (χ0v) is 15.5. The Morgan fingerprint density at radius 2 is 2.04 bits per heavy atom. The molecule has 1 heterocycles. The van der Waals surface area contributed by atoms with E-state index in [9.17, 15) is 9.18 Å². The van der Waals surface area contributed by atoms with Crippen LogP contribution in [0.1, 0.15) is 23.6 Å². The van der Waals surface area contributed by atoms with E-state index in [1.807, 2.05) is 18.2 Å². The maximum Gasteiger partial charge on any atom is 0.315 e. The molecule has 0 aromatic heterocycles. The van der Waals surface area contributed by atoms with Gasteiger partial charge in [-0.25, -0.2) is 9.18 Å². The summed E-state index contributed by atoms with van der Waals surface area (Å²) in [6.07, 6.45) is 0.769. The van der Waals surface area contributed by atoms with Crippen LogP contribution in [-0.4, -0.2) is 26.0 Å². The first-order chi connectivity index (χ1) is 12.6. The molecule has 138 valence electrons. The molecule has 0 saturated carbocycles. The summed E-state index contributed by atoms with van der Waals surface area (Å²) in [5.41, 5.74) is 1.73. The lowest BCUT2D eigenvalue weighted by Crippen LogP contribution is -2.38. The zero-order chi connectivity index (χ0) is 18.5. The first-order valence-electron chi connectivity index (χ1n) is 8.29. The smallest absolute Gasteiger partial charge is 0.315 e. The fourth-order valence-corrected chi connectivity index (χ4v) is 4.06. The average Bonchev–Trinajstić information content (AvgIpc) is 2.67. The van der Waals surface area contributed by atoms with E-state index in [-0.39, 0.29) is 17.9 Å². The number of benzene rings is 2. The van der Waals surface area contributed by atoms with Crippen molar-refractivity contribution < 1.29 is 18.7 Å². The molecule has 26 heavy (non-hydrogen) atoms. The van der Waals surface area contributed by atoms with Crippen molar-refractivity contribution >= 4 is 17.8 Å². The number of hydrogen-bond acceptors (Lipinski definition) is 4. The molecule has 1 aliphatic heterocycles. The molecule has 0 aliphatic carbocycles. The third kappa shape index (κ3) is 4.04. The molecule has 0 bridgehead atoms. The lowest BCUT2D eigenvalue weighted by Gasteiger charge is -2.26. The van der Waals surface area contributed by atoms with Crippen LogP contribution >= 0.6 is 11.8 Å². The van der Waals surface area contributed by atoms with E-state index in [2.05, 4.69) is 10.6 Å². The maximum atomic E-state index is 13.9. The molecule has 3 rings (SSSR count). The van der Waals surface area contributed by atoms with E-state index >= 15 is 0 Å². The van der Waals surface area contributed by atoms with E-state index in [0.29, 0.717) is 22.9 Å². The van der Waals surface area contributed by atoms with Crippen molar-refractivity contribution in [2.75, 3.05) is 20.0 Å². The van der Waals surface area contributed by atoms with Crippen molar-refractivity contribution in [2.45, 2.75) is 23.9 Å². The molecule has 2 aromatic carbocycles. The van der Waals surface area contributed by atoms with Gasteiger partial charge in [-0.1, -0.05) is 18.2 Å². The Labute approximate surface area is 156 Å². The summed E-state index contributed by atoms with van der Waals surface area (Å²) in [7, 11) is 3.14. The van der Waals surface area contributed by atoms with Crippen LogP contribution < -0.4 is 20.1 Å². The Bertz CT molecular complexity index is 800. The highest BCUT2D eigenvalue weighted by Crippen LogP contribution is 2.37. The van der Waals surface area contributed by atoms with Gasteiger partial charge >= 0.3 is 6.03 Å². The van der Waals surface area contributed by atoms with Gasteiger partial charge in [-0.2, -0.15) is 0 Å². The summed E-state index contributed by atoms with van der Waals surface area (Å²) in [5, 5.41) is 5.77. The van der Waals surface area contributed by atoms with Crippen molar-refractivity contribution in [3.05, 3.63) is 53.3 Å². The molecule has 7 heteroatoms. The topological polar surface area (TPSA) is 59.6 Å². The van der Waals surface area contributed by atoms with E-state index < -0.39 is 0 Å². The average molecular weight is 376 g/mol. The van der Waals surface area contributed by atoms with Crippen LogP contribution in [-0.2, 0) is 6.54 Å². The number of rotatable bonds is 5. The molecule has 1 unspecified atom stereocenters. The van der Waals surface area contributed by atoms with E-state index in [1.165, 1.54) is 17.8 Å². The van der Waals surface area contributed by atoms with Gasteiger partial charge in [0, 0.05) is 17.2 Å². The fourth-order valence-electron chi connectivity index (χ4n) is 2.92. The standard InChI is InChI=1S/C19H21FN2O3S/c1-24-16-7-6-12(10-17(16)25-2)11-21-19(23)22-15-8-9-26-18-13(15)4-3-5-14(18)20/h3-7,10,15H,8-9,11H2,1-2H3,(H2,21,22,23). The van der Waals surface area contributed by atoms with Gasteiger partial charge in [0.15, 0.2) is 11.5 Å². The summed E-state index contributed by atoms with van der Waals surface area (Å²) < 4.78 is 24.4. The third-order valence-electron chi connectivity index (χ3n) is 4.23. The number of nitrogens with one attached hydrogen (secondary N) is 2. The second-order valence-electron chi connectivity index (χ2n) is 5.86. The second-order valence-corrected chi connectivity index (χ2v) is 6.97. The van der Waals surface area contributed by atoms with Crippen LogP contribution in [0.5, 0.6) is 11.5 Å². The number of fused-ring (bicyclic) bond motifs is 1. The number of halogens is 1. The molecule has 0 spiro atoms. The Balaban J connectivity index is 1.61. The molecule has 2 aromatic rings. The number of methoxy groups -OCH3 is 2. The van der Waals surface area contributed by atoms with E-state index in [1.54, 1.807) is 26.4 Å². The van der Waals surface area contributed by atoms with Crippen LogP contribution in [0.2, 0.25) is 0 Å². The Morgan fingerprint density at radius 1 is 1.23 bits per heavy atom. The van der Waals surface area contributed by atoms with Gasteiger partial charge in [-0.3, -0.25) is 0 Å². The van der Waals surface area contributed by atoms with Crippen molar-refractivity contribution in [1.82, 2.24) is 10.6 Å². The predicted molar refractivity (Wildman–Crippen MR) is 99.4 cm³/mol. The Hall–Kier alpha value is -2.41. The van der Waals surface area contributed by atoms with Crippen LogP contribution in [0, 0.1) is 5.82 Å². The first kappa shape index (κ1) is 18.4. The SMILES string of the molecule is COc1ccc(CNC(=O)NC2CCSc3c(F)cccc32)cc1OC. The third-order valence-corrected chi connectivity index (χ3v) is 5.39. The van der Waals surface area contributed by atoms with Gasteiger partial charge in [0.05, 0.1) is 20.3 Å². The Morgan fingerprint density at radius 3 is 2.81 bits per heavy atom. The van der Waals surface area contributed by atoms with Crippen LogP contribution in [0.15, 0.2) is 41.3 Å². The number of carbonyl (C=O) groups is 1. The van der Waals surface area contributed by atoms with Gasteiger partial charge in [0.25, 0.3) is 0 Å². The van der Waals surface area contributed by atoms with Crippen LogP contribution in [0.25, 0.3) is 0 Å². The number of hydrogen-bond donors (Lipinski definition) is 2. The van der Waals surface area contributed by atoms with Gasteiger partial charge in [-0.15, -0.1) is 11.8 Å². The number of thioether (sulfide) groups is 1. The summed E-state index contributed by atoms with van der Waals surface area (Å²) >= 11 is 1.49. The van der Waals surface area contributed by atoms with Crippen LogP contribution in [0.3, 0.4) is 0 Å². The highest BCUT2D eigenvalue weighted by atomic mass is 32.2. The van der Waals surface area contributed by atoms with Gasteiger partial charge in [0.2, 0.25) is 0 Å². The summed E-state index contributed by atoms with van der Waals surface area (Å²) in [5.74, 6) is 1.79.